The summed E-state index contributed by atoms with van der Waals surface area (Å²) in [5, 5.41) is 23.1. The van der Waals surface area contributed by atoms with Crippen molar-refractivity contribution >= 4 is 11.5 Å². The molecule has 1 rings (SSSR count). The number of hydrogen-bond acceptors (Lipinski definition) is 5. The number of nitrogens with one attached hydrogen (secondary N) is 1. The van der Waals surface area contributed by atoms with E-state index < -0.39 is 10.5 Å². The molecule has 1 heterocycles. The number of hydrogen-bond donors (Lipinski definition) is 2. The van der Waals surface area contributed by atoms with E-state index in [4.69, 9.17) is 0 Å². The van der Waals surface area contributed by atoms with Gasteiger partial charge in [0.1, 0.15) is 0 Å². The van der Waals surface area contributed by atoms with Crippen molar-refractivity contribution < 1.29 is 10.0 Å². The first-order valence-electron chi connectivity index (χ1n) is 5.01. The van der Waals surface area contributed by atoms with Gasteiger partial charge in [0.05, 0.1) is 11.3 Å². The highest BCUT2D eigenvalue weighted by Gasteiger charge is 2.17. The summed E-state index contributed by atoms with van der Waals surface area (Å²) < 4.78 is 0. The zero-order valence-electron chi connectivity index (χ0n) is 9.30. The molecule has 0 aliphatic heterocycles. The molecule has 6 heteroatoms. The van der Waals surface area contributed by atoms with Crippen molar-refractivity contribution in [1.82, 2.24) is 4.98 Å². The summed E-state index contributed by atoms with van der Waals surface area (Å²) >= 11 is 0. The number of rotatable bonds is 5. The molecule has 88 valence electrons. The van der Waals surface area contributed by atoms with Crippen molar-refractivity contribution in [3.8, 4) is 0 Å². The Morgan fingerprint density at radius 2 is 2.31 bits per heavy atom. The Balaban J connectivity index is 2.59. The van der Waals surface area contributed by atoms with Gasteiger partial charge >= 0.3 is 5.82 Å². The lowest BCUT2D eigenvalue weighted by atomic mass is 10.0. The number of aromatic nitrogens is 1. The van der Waals surface area contributed by atoms with Crippen LogP contribution < -0.4 is 5.32 Å². The van der Waals surface area contributed by atoms with Crippen LogP contribution in [0.5, 0.6) is 0 Å². The van der Waals surface area contributed by atoms with E-state index in [0.717, 1.165) is 0 Å². The van der Waals surface area contributed by atoms with E-state index >= 15 is 0 Å². The minimum atomic E-state index is -0.790. The third-order valence-electron chi connectivity index (χ3n) is 2.37. The lowest BCUT2D eigenvalue weighted by molar-refractivity contribution is -0.389. The number of pyridine rings is 1. The fourth-order valence-corrected chi connectivity index (χ4v) is 1.02. The minimum Gasteiger partial charge on any atom is -0.388 e. The minimum absolute atomic E-state index is 0.187. The third kappa shape index (κ3) is 3.47. The third-order valence-corrected chi connectivity index (χ3v) is 2.37. The largest absolute Gasteiger partial charge is 0.388 e. The quantitative estimate of drug-likeness (QED) is 0.586. The molecule has 0 aliphatic rings. The normalized spacial score (nSPS) is 14.2. The van der Waals surface area contributed by atoms with Gasteiger partial charge in [-0.05, 0) is 29.3 Å². The Kier molecular flexibility index (Phi) is 3.78. The standard InChI is InChI=1S/C10H15N3O3/c1-3-10(2,14)7-12-8-4-5-9(11-6-8)13(15)16/h4-6,12,14H,3,7H2,1-2H3. The zero-order valence-corrected chi connectivity index (χ0v) is 9.30. The maximum atomic E-state index is 10.4. The van der Waals surface area contributed by atoms with Crippen LogP contribution in [0.3, 0.4) is 0 Å². The van der Waals surface area contributed by atoms with Crippen LogP contribution in [0.2, 0.25) is 0 Å². The van der Waals surface area contributed by atoms with E-state index in [0.29, 0.717) is 18.7 Å². The van der Waals surface area contributed by atoms with Gasteiger partial charge in [0.25, 0.3) is 0 Å². The molecular weight excluding hydrogens is 210 g/mol. The van der Waals surface area contributed by atoms with E-state index in [1.807, 2.05) is 6.92 Å². The molecule has 0 spiro atoms. The first-order valence-corrected chi connectivity index (χ1v) is 5.01. The molecule has 0 aliphatic carbocycles. The maximum absolute atomic E-state index is 10.4. The van der Waals surface area contributed by atoms with Gasteiger partial charge in [-0.15, -0.1) is 0 Å². The fraction of sp³-hybridized carbons (Fsp3) is 0.500. The van der Waals surface area contributed by atoms with Gasteiger partial charge in [-0.25, -0.2) is 0 Å². The number of anilines is 1. The van der Waals surface area contributed by atoms with Gasteiger partial charge in [-0.2, -0.15) is 0 Å². The van der Waals surface area contributed by atoms with Gasteiger partial charge in [0, 0.05) is 12.6 Å². The zero-order chi connectivity index (χ0) is 12.2. The molecule has 1 aromatic rings. The van der Waals surface area contributed by atoms with Crippen molar-refractivity contribution in [3.05, 3.63) is 28.4 Å². The predicted molar refractivity (Wildman–Crippen MR) is 60.3 cm³/mol. The molecule has 0 fully saturated rings. The smallest absolute Gasteiger partial charge is 0.363 e. The molecule has 0 bridgehead atoms. The van der Waals surface area contributed by atoms with E-state index in [2.05, 4.69) is 10.3 Å². The van der Waals surface area contributed by atoms with Crippen molar-refractivity contribution in [1.29, 1.82) is 0 Å². The second-order valence-corrected chi connectivity index (χ2v) is 3.87. The monoisotopic (exact) mass is 225 g/mol. The molecule has 16 heavy (non-hydrogen) atoms. The lowest BCUT2D eigenvalue weighted by Crippen LogP contribution is -2.32. The average Bonchev–Trinajstić information content (AvgIpc) is 2.27. The van der Waals surface area contributed by atoms with Crippen LogP contribution in [0, 0.1) is 10.1 Å². The van der Waals surface area contributed by atoms with Crippen LogP contribution >= 0.6 is 0 Å². The lowest BCUT2D eigenvalue weighted by Gasteiger charge is -2.21. The molecule has 0 radical (unpaired) electrons. The second kappa shape index (κ2) is 4.89. The molecule has 1 atom stereocenters. The second-order valence-electron chi connectivity index (χ2n) is 3.87. The molecule has 0 saturated heterocycles. The first-order chi connectivity index (χ1) is 7.44. The molecule has 0 amide bonds. The van der Waals surface area contributed by atoms with Crippen LogP contribution in [-0.4, -0.2) is 27.2 Å². The van der Waals surface area contributed by atoms with Crippen molar-refractivity contribution in [2.75, 3.05) is 11.9 Å². The Bertz CT molecular complexity index is 362. The Morgan fingerprint density at radius 1 is 1.62 bits per heavy atom. The van der Waals surface area contributed by atoms with Gasteiger partial charge < -0.3 is 20.5 Å². The SMILES string of the molecule is CCC(C)(O)CNc1ccc([N+](=O)[O-])nc1. The topological polar surface area (TPSA) is 88.3 Å². The fourth-order valence-electron chi connectivity index (χ4n) is 1.02. The highest BCUT2D eigenvalue weighted by Crippen LogP contribution is 2.14. The summed E-state index contributed by atoms with van der Waals surface area (Å²) in [6.45, 7) is 3.98. The van der Waals surface area contributed by atoms with Crippen molar-refractivity contribution in [2.24, 2.45) is 0 Å². The van der Waals surface area contributed by atoms with Crippen LogP contribution in [0.4, 0.5) is 11.5 Å². The number of nitro groups is 1. The molecule has 6 nitrogen and oxygen atoms in total. The van der Waals surface area contributed by atoms with E-state index in [-0.39, 0.29) is 5.82 Å². The highest BCUT2D eigenvalue weighted by molar-refractivity contribution is 5.43. The van der Waals surface area contributed by atoms with Crippen molar-refractivity contribution in [3.63, 3.8) is 0 Å². The summed E-state index contributed by atoms with van der Waals surface area (Å²) in [5.41, 5.74) is -0.138. The molecular formula is C10H15N3O3. The number of nitrogens with zero attached hydrogens (tertiary/aromatic N) is 2. The van der Waals surface area contributed by atoms with Crippen LogP contribution in [0.15, 0.2) is 18.3 Å². The highest BCUT2D eigenvalue weighted by atomic mass is 16.6. The van der Waals surface area contributed by atoms with E-state index in [9.17, 15) is 15.2 Å². The van der Waals surface area contributed by atoms with E-state index in [1.165, 1.54) is 12.3 Å². The summed E-state index contributed by atoms with van der Waals surface area (Å²) in [7, 11) is 0. The molecule has 2 N–H and O–H groups in total. The molecule has 1 unspecified atom stereocenters. The van der Waals surface area contributed by atoms with Crippen LogP contribution in [-0.2, 0) is 0 Å². The van der Waals surface area contributed by atoms with Gasteiger partial charge in [0.15, 0.2) is 6.20 Å². The Morgan fingerprint density at radius 3 is 2.75 bits per heavy atom. The molecule has 1 aromatic heterocycles. The Labute approximate surface area is 93.5 Å². The average molecular weight is 225 g/mol. The van der Waals surface area contributed by atoms with E-state index in [1.54, 1.807) is 13.0 Å². The summed E-state index contributed by atoms with van der Waals surface area (Å²) in [6.07, 6.45) is 2.00. The van der Waals surface area contributed by atoms with Crippen LogP contribution in [0.25, 0.3) is 0 Å². The van der Waals surface area contributed by atoms with Crippen LogP contribution in [0.1, 0.15) is 20.3 Å². The summed E-state index contributed by atoms with van der Waals surface area (Å²) in [6, 6.07) is 2.89. The van der Waals surface area contributed by atoms with Gasteiger partial charge in [-0.1, -0.05) is 6.92 Å². The first kappa shape index (κ1) is 12.4. The summed E-state index contributed by atoms with van der Waals surface area (Å²) in [4.78, 5) is 13.5. The maximum Gasteiger partial charge on any atom is 0.363 e. The molecule has 0 aromatic carbocycles. The van der Waals surface area contributed by atoms with Gasteiger partial charge in [-0.3, -0.25) is 0 Å². The predicted octanol–water partition coefficient (Wildman–Crippen LogP) is 1.56. The molecule has 0 saturated carbocycles. The van der Waals surface area contributed by atoms with Gasteiger partial charge in [0.2, 0.25) is 0 Å². The van der Waals surface area contributed by atoms with Crippen molar-refractivity contribution in [2.45, 2.75) is 25.9 Å². The number of aliphatic hydroxyl groups is 1. The summed E-state index contributed by atoms with van der Waals surface area (Å²) in [5.74, 6) is -0.187. The Hall–Kier alpha value is -1.69.